The van der Waals surface area contributed by atoms with E-state index in [1.54, 1.807) is 0 Å². The lowest BCUT2D eigenvalue weighted by molar-refractivity contribution is 0.641. The molecular weight excluding hydrogens is 242 g/mol. The van der Waals surface area contributed by atoms with Crippen molar-refractivity contribution in [3.8, 4) is 0 Å². The maximum Gasteiger partial charge on any atom is 0.0551 e. The minimum absolute atomic E-state index is 0.0358. The van der Waals surface area contributed by atoms with Gasteiger partial charge in [0.2, 0.25) is 0 Å². The van der Waals surface area contributed by atoms with Gasteiger partial charge >= 0.3 is 0 Å². The standard InChI is InChI=1S/C19H25N/c1-4-15(5-2)16-10-12-18(13-11-16)19(20)17-8-6-14(3)7-9-17/h6-13,15,19H,4-5,20H2,1-3H3. The Hall–Kier alpha value is -1.60. The van der Waals surface area contributed by atoms with Gasteiger partial charge in [-0.05, 0) is 42.4 Å². The van der Waals surface area contributed by atoms with E-state index in [1.165, 1.54) is 35.1 Å². The predicted molar refractivity (Wildman–Crippen MR) is 87.0 cm³/mol. The number of nitrogens with two attached hydrogens (primary N) is 1. The third-order valence-electron chi connectivity index (χ3n) is 4.19. The fourth-order valence-corrected chi connectivity index (χ4v) is 2.70. The summed E-state index contributed by atoms with van der Waals surface area (Å²) in [6, 6.07) is 17.3. The van der Waals surface area contributed by atoms with E-state index in [4.69, 9.17) is 5.73 Å². The first-order valence-electron chi connectivity index (χ1n) is 7.57. The van der Waals surface area contributed by atoms with Gasteiger partial charge in [0.1, 0.15) is 0 Å². The van der Waals surface area contributed by atoms with Crippen LogP contribution in [0.5, 0.6) is 0 Å². The summed E-state index contributed by atoms with van der Waals surface area (Å²) in [5.41, 5.74) is 11.4. The maximum absolute atomic E-state index is 6.36. The number of hydrogen-bond donors (Lipinski definition) is 1. The minimum Gasteiger partial charge on any atom is -0.320 e. The summed E-state index contributed by atoms with van der Waals surface area (Å²) in [5, 5.41) is 0. The van der Waals surface area contributed by atoms with Crippen LogP contribution >= 0.6 is 0 Å². The Morgan fingerprint density at radius 3 is 1.60 bits per heavy atom. The van der Waals surface area contributed by atoms with Gasteiger partial charge < -0.3 is 5.73 Å². The Bertz CT molecular complexity index is 521. The summed E-state index contributed by atoms with van der Waals surface area (Å²) in [6.45, 7) is 6.60. The highest BCUT2D eigenvalue weighted by atomic mass is 14.6. The van der Waals surface area contributed by atoms with Gasteiger partial charge in [0.15, 0.2) is 0 Å². The molecule has 106 valence electrons. The highest BCUT2D eigenvalue weighted by molar-refractivity contribution is 5.35. The van der Waals surface area contributed by atoms with Crippen molar-refractivity contribution in [1.82, 2.24) is 0 Å². The molecule has 2 N–H and O–H groups in total. The van der Waals surface area contributed by atoms with Crippen molar-refractivity contribution in [3.63, 3.8) is 0 Å². The van der Waals surface area contributed by atoms with Crippen molar-refractivity contribution in [3.05, 3.63) is 70.8 Å². The summed E-state index contributed by atoms with van der Waals surface area (Å²) in [6.07, 6.45) is 2.39. The van der Waals surface area contributed by atoms with Gasteiger partial charge in [-0.2, -0.15) is 0 Å². The lowest BCUT2D eigenvalue weighted by Gasteiger charge is -2.16. The number of hydrogen-bond acceptors (Lipinski definition) is 1. The van der Waals surface area contributed by atoms with Crippen LogP contribution in [-0.2, 0) is 0 Å². The Kier molecular flexibility index (Phi) is 4.97. The second kappa shape index (κ2) is 6.71. The largest absolute Gasteiger partial charge is 0.320 e. The Labute approximate surface area is 122 Å². The van der Waals surface area contributed by atoms with Crippen LogP contribution in [0.3, 0.4) is 0 Å². The molecule has 0 saturated heterocycles. The number of rotatable bonds is 5. The molecule has 0 bridgehead atoms. The average molecular weight is 267 g/mol. The summed E-state index contributed by atoms with van der Waals surface area (Å²) in [5.74, 6) is 0.666. The molecule has 2 rings (SSSR count). The first-order valence-corrected chi connectivity index (χ1v) is 7.57. The molecule has 0 amide bonds. The van der Waals surface area contributed by atoms with E-state index >= 15 is 0 Å². The van der Waals surface area contributed by atoms with Gasteiger partial charge in [-0.1, -0.05) is 67.9 Å². The molecule has 1 unspecified atom stereocenters. The summed E-state index contributed by atoms with van der Waals surface area (Å²) >= 11 is 0. The molecule has 0 heterocycles. The normalized spacial score (nSPS) is 12.7. The smallest absolute Gasteiger partial charge is 0.0551 e. The fourth-order valence-electron chi connectivity index (χ4n) is 2.70. The van der Waals surface area contributed by atoms with Crippen LogP contribution in [0.2, 0.25) is 0 Å². The van der Waals surface area contributed by atoms with E-state index in [0.29, 0.717) is 5.92 Å². The van der Waals surface area contributed by atoms with E-state index in [0.717, 1.165) is 0 Å². The zero-order valence-corrected chi connectivity index (χ0v) is 12.8. The van der Waals surface area contributed by atoms with Crippen molar-refractivity contribution in [1.29, 1.82) is 0 Å². The molecule has 0 spiro atoms. The second-order valence-corrected chi connectivity index (χ2v) is 5.57. The molecule has 1 nitrogen and oxygen atoms in total. The van der Waals surface area contributed by atoms with Gasteiger partial charge in [-0.3, -0.25) is 0 Å². The fraction of sp³-hybridized carbons (Fsp3) is 0.368. The summed E-state index contributed by atoms with van der Waals surface area (Å²) in [4.78, 5) is 0. The highest BCUT2D eigenvalue weighted by Crippen LogP contribution is 2.26. The van der Waals surface area contributed by atoms with Crippen molar-refractivity contribution < 1.29 is 0 Å². The zero-order chi connectivity index (χ0) is 14.5. The Morgan fingerprint density at radius 2 is 1.15 bits per heavy atom. The van der Waals surface area contributed by atoms with Crippen molar-refractivity contribution in [2.24, 2.45) is 5.73 Å². The zero-order valence-electron chi connectivity index (χ0n) is 12.8. The lowest BCUT2D eigenvalue weighted by atomic mass is 9.91. The molecule has 0 saturated carbocycles. The van der Waals surface area contributed by atoms with Gasteiger partial charge in [0.05, 0.1) is 6.04 Å². The molecule has 0 aromatic heterocycles. The quantitative estimate of drug-likeness (QED) is 0.815. The monoisotopic (exact) mass is 267 g/mol. The van der Waals surface area contributed by atoms with Crippen molar-refractivity contribution in [2.45, 2.75) is 45.6 Å². The van der Waals surface area contributed by atoms with Gasteiger partial charge in [0, 0.05) is 0 Å². The van der Waals surface area contributed by atoms with E-state index < -0.39 is 0 Å². The number of benzene rings is 2. The first-order chi connectivity index (χ1) is 9.65. The number of aryl methyl sites for hydroxylation is 1. The summed E-state index contributed by atoms with van der Waals surface area (Å²) < 4.78 is 0. The van der Waals surface area contributed by atoms with Crippen LogP contribution in [-0.4, -0.2) is 0 Å². The molecule has 1 atom stereocenters. The molecule has 2 aromatic rings. The maximum atomic E-state index is 6.36. The molecule has 20 heavy (non-hydrogen) atoms. The molecule has 0 aliphatic rings. The van der Waals surface area contributed by atoms with Crippen LogP contribution < -0.4 is 5.73 Å². The van der Waals surface area contributed by atoms with Crippen molar-refractivity contribution in [2.75, 3.05) is 0 Å². The molecule has 0 aliphatic carbocycles. The van der Waals surface area contributed by atoms with E-state index in [9.17, 15) is 0 Å². The minimum atomic E-state index is -0.0358. The highest BCUT2D eigenvalue weighted by Gasteiger charge is 2.11. The predicted octanol–water partition coefficient (Wildman–Crippen LogP) is 4.95. The second-order valence-electron chi connectivity index (χ2n) is 5.57. The SMILES string of the molecule is CCC(CC)c1ccc(C(N)c2ccc(C)cc2)cc1. The van der Waals surface area contributed by atoms with Crippen LogP contribution in [0.15, 0.2) is 48.5 Å². The van der Waals surface area contributed by atoms with E-state index in [-0.39, 0.29) is 6.04 Å². The Morgan fingerprint density at radius 1 is 0.750 bits per heavy atom. The molecule has 0 aliphatic heterocycles. The van der Waals surface area contributed by atoms with E-state index in [2.05, 4.69) is 69.3 Å². The third kappa shape index (κ3) is 3.29. The van der Waals surface area contributed by atoms with Crippen LogP contribution in [0, 0.1) is 6.92 Å². The van der Waals surface area contributed by atoms with Gasteiger partial charge in [-0.15, -0.1) is 0 Å². The molecule has 0 fully saturated rings. The van der Waals surface area contributed by atoms with Crippen LogP contribution in [0.4, 0.5) is 0 Å². The molecular formula is C19H25N. The average Bonchev–Trinajstić information content (AvgIpc) is 2.49. The third-order valence-corrected chi connectivity index (χ3v) is 4.19. The molecule has 2 aromatic carbocycles. The van der Waals surface area contributed by atoms with Gasteiger partial charge in [0.25, 0.3) is 0 Å². The molecule has 0 radical (unpaired) electrons. The Balaban J connectivity index is 2.19. The first kappa shape index (κ1) is 14.8. The topological polar surface area (TPSA) is 26.0 Å². The van der Waals surface area contributed by atoms with Crippen LogP contribution in [0.25, 0.3) is 0 Å². The van der Waals surface area contributed by atoms with Crippen LogP contribution in [0.1, 0.15) is 60.9 Å². The van der Waals surface area contributed by atoms with Crippen molar-refractivity contribution >= 4 is 0 Å². The van der Waals surface area contributed by atoms with Gasteiger partial charge in [-0.25, -0.2) is 0 Å². The lowest BCUT2D eigenvalue weighted by Crippen LogP contribution is -2.11. The summed E-state index contributed by atoms with van der Waals surface area (Å²) in [7, 11) is 0. The molecule has 1 heteroatoms. The van der Waals surface area contributed by atoms with E-state index in [1.807, 2.05) is 0 Å².